The maximum absolute atomic E-state index is 6.67. The van der Waals surface area contributed by atoms with Crippen LogP contribution < -0.4 is 0 Å². The molecule has 0 fully saturated rings. The van der Waals surface area contributed by atoms with Crippen molar-refractivity contribution in [3.05, 3.63) is 164 Å². The summed E-state index contributed by atoms with van der Waals surface area (Å²) in [4.78, 5) is 14.7. The molecule has 220 valence electrons. The van der Waals surface area contributed by atoms with Crippen LogP contribution in [0.25, 0.3) is 89.1 Å². The molecule has 47 heavy (non-hydrogen) atoms. The van der Waals surface area contributed by atoms with E-state index in [4.69, 9.17) is 19.4 Å². The van der Waals surface area contributed by atoms with Crippen LogP contribution in [0.5, 0.6) is 0 Å². The highest BCUT2D eigenvalue weighted by molar-refractivity contribution is 6.19. The minimum Gasteiger partial charge on any atom is -0.455 e. The first-order valence-electron chi connectivity index (χ1n) is 15.7. The summed E-state index contributed by atoms with van der Waals surface area (Å²) in [5.74, 6) is 1.86. The minimum atomic E-state index is 0.600. The van der Waals surface area contributed by atoms with Crippen molar-refractivity contribution >= 4 is 32.7 Å². The molecule has 2 heterocycles. The van der Waals surface area contributed by atoms with Crippen molar-refractivity contribution in [2.75, 3.05) is 0 Å². The van der Waals surface area contributed by atoms with Crippen LogP contribution in [-0.2, 0) is 0 Å². The third-order valence-corrected chi connectivity index (χ3v) is 8.72. The Balaban J connectivity index is 1.22. The summed E-state index contributed by atoms with van der Waals surface area (Å²) in [7, 11) is 0. The number of hydrogen-bond acceptors (Lipinski definition) is 4. The third-order valence-electron chi connectivity index (χ3n) is 8.72. The number of nitrogens with zero attached hydrogens (tertiary/aromatic N) is 3. The Hall–Kier alpha value is -6.39. The summed E-state index contributed by atoms with van der Waals surface area (Å²) in [5.41, 5.74) is 9.15. The molecule has 9 aromatic rings. The molecule has 7 aromatic carbocycles. The van der Waals surface area contributed by atoms with Crippen LogP contribution >= 0.6 is 0 Å². The smallest absolute Gasteiger partial charge is 0.164 e. The Morgan fingerprint density at radius 1 is 0.319 bits per heavy atom. The van der Waals surface area contributed by atoms with Gasteiger partial charge in [-0.25, -0.2) is 15.0 Å². The van der Waals surface area contributed by atoms with E-state index in [0.717, 1.165) is 49.4 Å². The van der Waals surface area contributed by atoms with Crippen molar-refractivity contribution in [2.24, 2.45) is 0 Å². The number of hydrogen-bond donors (Lipinski definition) is 0. The molecule has 0 saturated carbocycles. The summed E-state index contributed by atoms with van der Waals surface area (Å²) in [6.07, 6.45) is 0. The molecule has 4 heteroatoms. The topological polar surface area (TPSA) is 51.8 Å². The molecule has 4 nitrogen and oxygen atoms in total. The van der Waals surface area contributed by atoms with Gasteiger partial charge in [0.1, 0.15) is 11.2 Å². The van der Waals surface area contributed by atoms with Gasteiger partial charge in [-0.1, -0.05) is 140 Å². The molecule has 0 radical (unpaired) electrons. The average molecular weight is 602 g/mol. The zero-order valence-electron chi connectivity index (χ0n) is 25.3. The van der Waals surface area contributed by atoms with Crippen LogP contribution in [0.4, 0.5) is 0 Å². The Morgan fingerprint density at radius 3 is 1.51 bits per heavy atom. The van der Waals surface area contributed by atoms with Crippen LogP contribution in [-0.4, -0.2) is 15.0 Å². The molecule has 9 rings (SSSR count). The Labute approximate surface area is 271 Å². The van der Waals surface area contributed by atoms with Gasteiger partial charge in [0.15, 0.2) is 17.5 Å². The van der Waals surface area contributed by atoms with E-state index in [1.807, 2.05) is 60.7 Å². The van der Waals surface area contributed by atoms with Gasteiger partial charge in [-0.3, -0.25) is 0 Å². The second kappa shape index (κ2) is 11.2. The summed E-state index contributed by atoms with van der Waals surface area (Å²) in [6, 6.07) is 56.4. The fraction of sp³-hybridized carbons (Fsp3) is 0. The van der Waals surface area contributed by atoms with Crippen LogP contribution in [0, 0.1) is 0 Å². The highest BCUT2D eigenvalue weighted by Crippen LogP contribution is 2.41. The molecule has 0 bridgehead atoms. The van der Waals surface area contributed by atoms with Gasteiger partial charge >= 0.3 is 0 Å². The van der Waals surface area contributed by atoms with Crippen LogP contribution in [0.15, 0.2) is 168 Å². The molecule has 0 atom stereocenters. The molecule has 0 aliphatic rings. The van der Waals surface area contributed by atoms with E-state index in [1.54, 1.807) is 0 Å². The first-order valence-corrected chi connectivity index (χ1v) is 15.7. The van der Waals surface area contributed by atoms with E-state index in [2.05, 4.69) is 103 Å². The molecule has 0 saturated heterocycles. The van der Waals surface area contributed by atoms with Crippen molar-refractivity contribution in [1.29, 1.82) is 0 Å². The third kappa shape index (κ3) is 4.84. The normalized spacial score (nSPS) is 11.4. The number of furan rings is 1. The van der Waals surface area contributed by atoms with E-state index in [-0.39, 0.29) is 0 Å². The lowest BCUT2D eigenvalue weighted by atomic mass is 9.93. The average Bonchev–Trinajstić information content (AvgIpc) is 3.53. The van der Waals surface area contributed by atoms with Gasteiger partial charge in [-0.2, -0.15) is 0 Å². The minimum absolute atomic E-state index is 0.600. The highest BCUT2D eigenvalue weighted by atomic mass is 16.3. The first kappa shape index (κ1) is 27.0. The molecular weight excluding hydrogens is 574 g/mol. The highest BCUT2D eigenvalue weighted by Gasteiger charge is 2.18. The van der Waals surface area contributed by atoms with Crippen LogP contribution in [0.2, 0.25) is 0 Å². The van der Waals surface area contributed by atoms with Crippen molar-refractivity contribution < 1.29 is 4.42 Å². The predicted octanol–water partition coefficient (Wildman–Crippen LogP) is 11.3. The van der Waals surface area contributed by atoms with Crippen molar-refractivity contribution in [1.82, 2.24) is 15.0 Å². The van der Waals surface area contributed by atoms with Crippen molar-refractivity contribution in [3.63, 3.8) is 0 Å². The van der Waals surface area contributed by atoms with Crippen molar-refractivity contribution in [2.45, 2.75) is 0 Å². The monoisotopic (exact) mass is 601 g/mol. The second-order valence-corrected chi connectivity index (χ2v) is 11.6. The number of aromatic nitrogens is 3. The van der Waals surface area contributed by atoms with E-state index >= 15 is 0 Å². The largest absolute Gasteiger partial charge is 0.455 e. The number of benzene rings is 7. The Bertz CT molecular complexity index is 2500. The van der Waals surface area contributed by atoms with Crippen LogP contribution in [0.3, 0.4) is 0 Å². The van der Waals surface area contributed by atoms with Gasteiger partial charge < -0.3 is 4.42 Å². The van der Waals surface area contributed by atoms with Gasteiger partial charge in [0, 0.05) is 32.8 Å². The molecule has 0 N–H and O–H groups in total. The zero-order valence-corrected chi connectivity index (χ0v) is 25.3. The fourth-order valence-electron chi connectivity index (χ4n) is 6.41. The molecule has 0 amide bonds. The zero-order chi connectivity index (χ0) is 31.2. The SMILES string of the molecule is c1ccc(-c2cccc(-c3cc4c5ccc(-c6nc(-c7ccccc7)nc(-c7ccccc7)n6)cc5oc4c4ccccc34)c2)cc1. The van der Waals surface area contributed by atoms with E-state index in [9.17, 15) is 0 Å². The lowest BCUT2D eigenvalue weighted by Crippen LogP contribution is -2.00. The van der Waals surface area contributed by atoms with E-state index in [1.165, 1.54) is 22.3 Å². The van der Waals surface area contributed by atoms with Gasteiger partial charge in [0.2, 0.25) is 0 Å². The number of rotatable bonds is 5. The molecule has 0 spiro atoms. The maximum Gasteiger partial charge on any atom is 0.164 e. The standard InChI is InChI=1S/C43H27N3O/c1-4-13-28(14-5-1)31-19-12-20-32(25-31)37-27-38-35-24-23-33(26-39(35)47-40(38)36-22-11-10-21-34(36)37)43-45-41(29-15-6-2-7-16-29)44-42(46-43)30-17-8-3-9-18-30/h1-27H. The summed E-state index contributed by atoms with van der Waals surface area (Å²) < 4.78 is 6.67. The van der Waals surface area contributed by atoms with Gasteiger partial charge in [-0.15, -0.1) is 0 Å². The molecule has 0 aliphatic carbocycles. The van der Waals surface area contributed by atoms with Gasteiger partial charge in [0.25, 0.3) is 0 Å². The molecule has 0 aliphatic heterocycles. The lowest BCUT2D eigenvalue weighted by Gasteiger charge is -2.10. The fourth-order valence-corrected chi connectivity index (χ4v) is 6.41. The predicted molar refractivity (Wildman–Crippen MR) is 192 cm³/mol. The van der Waals surface area contributed by atoms with Crippen molar-refractivity contribution in [3.8, 4) is 56.4 Å². The van der Waals surface area contributed by atoms with Gasteiger partial charge in [0.05, 0.1) is 0 Å². The summed E-state index contributed by atoms with van der Waals surface area (Å²) >= 11 is 0. The summed E-state index contributed by atoms with van der Waals surface area (Å²) in [6.45, 7) is 0. The Morgan fingerprint density at radius 2 is 0.851 bits per heavy atom. The quantitative estimate of drug-likeness (QED) is 0.197. The van der Waals surface area contributed by atoms with E-state index in [0.29, 0.717) is 17.5 Å². The molecule has 2 aromatic heterocycles. The second-order valence-electron chi connectivity index (χ2n) is 11.6. The number of fused-ring (bicyclic) bond motifs is 5. The molecular formula is C43H27N3O. The van der Waals surface area contributed by atoms with Gasteiger partial charge in [-0.05, 0) is 51.9 Å². The summed E-state index contributed by atoms with van der Waals surface area (Å²) in [5, 5.41) is 4.37. The maximum atomic E-state index is 6.67. The lowest BCUT2D eigenvalue weighted by molar-refractivity contribution is 0.673. The Kier molecular flexibility index (Phi) is 6.43. The van der Waals surface area contributed by atoms with Crippen LogP contribution in [0.1, 0.15) is 0 Å². The van der Waals surface area contributed by atoms with E-state index < -0.39 is 0 Å². The molecule has 0 unspecified atom stereocenters. The first-order chi connectivity index (χ1) is 23.3.